The molecule has 3 heterocycles. The molecule has 1 aromatic carbocycles. The molecule has 1 unspecified atom stereocenters. The van der Waals surface area contributed by atoms with Crippen molar-refractivity contribution in [1.82, 2.24) is 20.4 Å². The zero-order chi connectivity index (χ0) is 21.8. The average molecular weight is 501 g/mol. The molecule has 0 radical (unpaired) electrons. The SMILES string of the molecule is Cl.Cl.O=C1CCC(N2C(=O)c3ccc(OCCCCCN4CCNCC4)cc3C2=O)C(=O)N1. The fourth-order valence-corrected chi connectivity index (χ4v) is 4.28. The van der Waals surface area contributed by atoms with Gasteiger partial charge in [0.15, 0.2) is 0 Å². The molecule has 0 aliphatic carbocycles. The van der Waals surface area contributed by atoms with Crippen LogP contribution in [0.25, 0.3) is 0 Å². The van der Waals surface area contributed by atoms with E-state index in [0.29, 0.717) is 12.4 Å². The molecule has 182 valence electrons. The van der Waals surface area contributed by atoms with Crippen LogP contribution < -0.4 is 15.4 Å². The van der Waals surface area contributed by atoms with Crippen LogP contribution in [-0.2, 0) is 9.59 Å². The number of rotatable bonds is 8. The van der Waals surface area contributed by atoms with Gasteiger partial charge in [0.1, 0.15) is 11.8 Å². The molecule has 11 heteroatoms. The van der Waals surface area contributed by atoms with E-state index in [1.807, 2.05) is 0 Å². The molecule has 9 nitrogen and oxygen atoms in total. The Kier molecular flexibility index (Phi) is 10.1. The van der Waals surface area contributed by atoms with E-state index in [-0.39, 0.29) is 54.7 Å². The summed E-state index contributed by atoms with van der Waals surface area (Å²) in [6.45, 7) is 5.97. The van der Waals surface area contributed by atoms with Gasteiger partial charge >= 0.3 is 0 Å². The second kappa shape index (κ2) is 12.3. The number of piperidine rings is 1. The van der Waals surface area contributed by atoms with Crippen molar-refractivity contribution in [2.75, 3.05) is 39.3 Å². The molecule has 3 aliphatic heterocycles. The van der Waals surface area contributed by atoms with Crippen molar-refractivity contribution >= 4 is 48.4 Å². The highest BCUT2D eigenvalue weighted by Crippen LogP contribution is 2.30. The molecule has 3 aliphatic rings. The van der Waals surface area contributed by atoms with Gasteiger partial charge in [-0.2, -0.15) is 0 Å². The maximum absolute atomic E-state index is 12.8. The van der Waals surface area contributed by atoms with Gasteiger partial charge in [-0.3, -0.25) is 29.4 Å². The van der Waals surface area contributed by atoms with Crippen LogP contribution in [0, 0.1) is 0 Å². The number of hydrogen-bond acceptors (Lipinski definition) is 7. The number of piperazine rings is 1. The highest BCUT2D eigenvalue weighted by molar-refractivity contribution is 6.23. The smallest absolute Gasteiger partial charge is 0.262 e. The number of carbonyl (C=O) groups is 4. The highest BCUT2D eigenvalue weighted by Gasteiger charge is 2.44. The van der Waals surface area contributed by atoms with Gasteiger partial charge in [0.25, 0.3) is 11.8 Å². The number of amides is 4. The van der Waals surface area contributed by atoms with Crippen LogP contribution in [0.15, 0.2) is 18.2 Å². The number of benzene rings is 1. The van der Waals surface area contributed by atoms with Crippen molar-refractivity contribution in [3.05, 3.63) is 29.3 Å². The lowest BCUT2D eigenvalue weighted by Crippen LogP contribution is -2.54. The van der Waals surface area contributed by atoms with E-state index < -0.39 is 23.8 Å². The van der Waals surface area contributed by atoms with Crippen LogP contribution in [0.3, 0.4) is 0 Å². The number of unbranched alkanes of at least 4 members (excludes halogenated alkanes) is 2. The summed E-state index contributed by atoms with van der Waals surface area (Å²) in [5.74, 6) is -1.48. The van der Waals surface area contributed by atoms with E-state index >= 15 is 0 Å². The fraction of sp³-hybridized carbons (Fsp3) is 0.545. The number of fused-ring (bicyclic) bond motifs is 1. The van der Waals surface area contributed by atoms with Crippen LogP contribution in [0.4, 0.5) is 0 Å². The summed E-state index contributed by atoms with van der Waals surface area (Å²) in [6.07, 6.45) is 3.36. The zero-order valence-corrected chi connectivity index (χ0v) is 20.0. The first kappa shape index (κ1) is 27.0. The number of ether oxygens (including phenoxy) is 1. The van der Waals surface area contributed by atoms with Crippen molar-refractivity contribution in [3.8, 4) is 5.75 Å². The van der Waals surface area contributed by atoms with Gasteiger partial charge in [-0.25, -0.2) is 0 Å². The van der Waals surface area contributed by atoms with Gasteiger partial charge in [-0.05, 0) is 50.4 Å². The van der Waals surface area contributed by atoms with Gasteiger partial charge in [0.05, 0.1) is 17.7 Å². The standard InChI is InChI=1S/C22H28N4O5.2ClH/c27-19-7-6-18(20(28)24-19)26-21(29)16-5-4-15(14-17(16)22(26)30)31-13-3-1-2-10-25-11-8-23-9-12-25;;/h4-5,14,18,23H,1-3,6-13H2,(H,24,27,28);2*1H. The summed E-state index contributed by atoms with van der Waals surface area (Å²) < 4.78 is 5.79. The van der Waals surface area contributed by atoms with Crippen LogP contribution >= 0.6 is 24.8 Å². The quantitative estimate of drug-likeness (QED) is 0.410. The Balaban J connectivity index is 0.00000193. The largest absolute Gasteiger partial charge is 0.494 e. The van der Waals surface area contributed by atoms with Gasteiger partial charge < -0.3 is 15.0 Å². The van der Waals surface area contributed by atoms with Crippen LogP contribution in [0.1, 0.15) is 52.8 Å². The maximum atomic E-state index is 12.8. The fourth-order valence-electron chi connectivity index (χ4n) is 4.28. The topological polar surface area (TPSA) is 108 Å². The Hall–Kier alpha value is -2.20. The monoisotopic (exact) mass is 500 g/mol. The Morgan fingerprint density at radius 3 is 2.39 bits per heavy atom. The van der Waals surface area contributed by atoms with Crippen molar-refractivity contribution in [3.63, 3.8) is 0 Å². The first-order chi connectivity index (χ1) is 15.0. The number of hydrogen-bond donors (Lipinski definition) is 2. The molecular weight excluding hydrogens is 471 g/mol. The zero-order valence-electron chi connectivity index (χ0n) is 18.3. The number of imide groups is 2. The third-order valence-corrected chi connectivity index (χ3v) is 6.01. The second-order valence-corrected chi connectivity index (χ2v) is 8.16. The van der Waals surface area contributed by atoms with E-state index in [1.165, 1.54) is 0 Å². The molecule has 4 amide bonds. The van der Waals surface area contributed by atoms with Crippen LogP contribution in [0.5, 0.6) is 5.75 Å². The minimum absolute atomic E-state index is 0. The average Bonchev–Trinajstić information content (AvgIpc) is 3.01. The summed E-state index contributed by atoms with van der Waals surface area (Å²) in [5, 5.41) is 5.55. The van der Waals surface area contributed by atoms with Crippen molar-refractivity contribution in [1.29, 1.82) is 0 Å². The van der Waals surface area contributed by atoms with E-state index in [0.717, 1.165) is 56.9 Å². The first-order valence-corrected chi connectivity index (χ1v) is 11.0. The molecule has 0 spiro atoms. The minimum Gasteiger partial charge on any atom is -0.494 e. The molecule has 1 atom stereocenters. The normalized spacial score (nSPS) is 20.6. The lowest BCUT2D eigenvalue weighted by Gasteiger charge is -2.27. The van der Waals surface area contributed by atoms with E-state index in [1.54, 1.807) is 18.2 Å². The summed E-state index contributed by atoms with van der Waals surface area (Å²) in [4.78, 5) is 52.4. The molecule has 2 fully saturated rings. The number of nitrogens with zero attached hydrogens (tertiary/aromatic N) is 2. The second-order valence-electron chi connectivity index (χ2n) is 8.16. The Labute approximate surface area is 205 Å². The molecule has 1 aromatic rings. The maximum Gasteiger partial charge on any atom is 0.262 e. The molecule has 0 saturated carbocycles. The number of carbonyl (C=O) groups excluding carboxylic acids is 4. The van der Waals surface area contributed by atoms with Gasteiger partial charge in [0.2, 0.25) is 11.8 Å². The molecule has 2 saturated heterocycles. The third kappa shape index (κ3) is 6.23. The van der Waals surface area contributed by atoms with E-state index in [2.05, 4.69) is 15.5 Å². The summed E-state index contributed by atoms with van der Waals surface area (Å²) >= 11 is 0. The molecule has 33 heavy (non-hydrogen) atoms. The van der Waals surface area contributed by atoms with Crippen molar-refractivity contribution in [2.45, 2.75) is 38.1 Å². The lowest BCUT2D eigenvalue weighted by molar-refractivity contribution is -0.136. The number of halogens is 2. The van der Waals surface area contributed by atoms with E-state index in [4.69, 9.17) is 4.74 Å². The Bertz CT molecular complexity index is 892. The predicted molar refractivity (Wildman–Crippen MR) is 126 cm³/mol. The van der Waals surface area contributed by atoms with Gasteiger partial charge in [-0.1, -0.05) is 0 Å². The molecule has 4 rings (SSSR count). The van der Waals surface area contributed by atoms with Gasteiger partial charge in [-0.15, -0.1) is 24.8 Å². The minimum atomic E-state index is -0.954. The summed E-state index contributed by atoms with van der Waals surface area (Å²) in [6, 6.07) is 3.87. The van der Waals surface area contributed by atoms with Gasteiger partial charge in [0, 0.05) is 32.6 Å². The van der Waals surface area contributed by atoms with Crippen LogP contribution in [-0.4, -0.2) is 78.8 Å². The third-order valence-electron chi connectivity index (χ3n) is 6.01. The first-order valence-electron chi connectivity index (χ1n) is 11.0. The molecule has 2 N–H and O–H groups in total. The lowest BCUT2D eigenvalue weighted by atomic mass is 10.0. The summed E-state index contributed by atoms with van der Waals surface area (Å²) in [5.41, 5.74) is 0.504. The van der Waals surface area contributed by atoms with Crippen LogP contribution in [0.2, 0.25) is 0 Å². The molecule has 0 aromatic heterocycles. The number of nitrogens with one attached hydrogen (secondary N) is 2. The van der Waals surface area contributed by atoms with Crippen molar-refractivity contribution in [2.24, 2.45) is 0 Å². The summed E-state index contributed by atoms with van der Waals surface area (Å²) in [7, 11) is 0. The molecule has 0 bridgehead atoms. The molecular formula is C22H30Cl2N4O5. The Morgan fingerprint density at radius 2 is 1.67 bits per heavy atom. The Morgan fingerprint density at radius 1 is 0.939 bits per heavy atom. The van der Waals surface area contributed by atoms with E-state index in [9.17, 15) is 19.2 Å². The van der Waals surface area contributed by atoms with Crippen molar-refractivity contribution < 1.29 is 23.9 Å². The highest BCUT2D eigenvalue weighted by atomic mass is 35.5. The predicted octanol–water partition coefficient (Wildman–Crippen LogP) is 1.39.